The molecule has 0 heterocycles. The van der Waals surface area contributed by atoms with Gasteiger partial charge in [0.2, 0.25) is 5.91 Å². The van der Waals surface area contributed by atoms with E-state index in [-0.39, 0.29) is 5.91 Å². The Bertz CT molecular complexity index is 202. The summed E-state index contributed by atoms with van der Waals surface area (Å²) < 4.78 is 0. The maximum Gasteiger partial charge on any atom is 0.223 e. The standard InChI is InChI=1S/C12H24N2O/c1-4-10(2)14(3)9-8-13-12(15)11-6-5-7-11/h10-11H,4-9H2,1-3H3,(H,13,15). The zero-order valence-corrected chi connectivity index (χ0v) is 10.3. The Balaban J connectivity index is 2.07. The van der Waals surface area contributed by atoms with Crippen molar-refractivity contribution in [3.63, 3.8) is 0 Å². The van der Waals surface area contributed by atoms with Crippen LogP contribution in [0.25, 0.3) is 0 Å². The molecule has 0 aromatic carbocycles. The third kappa shape index (κ3) is 3.82. The summed E-state index contributed by atoms with van der Waals surface area (Å²) in [5.74, 6) is 0.581. The molecule has 3 nitrogen and oxygen atoms in total. The molecule has 1 amide bonds. The maximum atomic E-state index is 11.5. The number of amides is 1. The molecule has 1 N–H and O–H groups in total. The topological polar surface area (TPSA) is 32.3 Å². The molecule has 1 fully saturated rings. The van der Waals surface area contributed by atoms with Crippen molar-refractivity contribution in [2.45, 2.75) is 45.6 Å². The van der Waals surface area contributed by atoms with Crippen LogP contribution in [0.15, 0.2) is 0 Å². The Hall–Kier alpha value is -0.570. The maximum absolute atomic E-state index is 11.5. The second kappa shape index (κ2) is 6.11. The van der Waals surface area contributed by atoms with Gasteiger partial charge in [-0.3, -0.25) is 4.79 Å². The van der Waals surface area contributed by atoms with Crippen molar-refractivity contribution >= 4 is 5.91 Å². The van der Waals surface area contributed by atoms with Crippen LogP contribution in [0.4, 0.5) is 0 Å². The van der Waals surface area contributed by atoms with Crippen molar-refractivity contribution in [2.75, 3.05) is 20.1 Å². The van der Waals surface area contributed by atoms with Crippen LogP contribution in [0.2, 0.25) is 0 Å². The summed E-state index contributed by atoms with van der Waals surface area (Å²) in [6, 6.07) is 0.602. The van der Waals surface area contributed by atoms with Gasteiger partial charge in [-0.05, 0) is 33.2 Å². The lowest BCUT2D eigenvalue weighted by molar-refractivity contribution is -0.127. The van der Waals surface area contributed by atoms with E-state index in [0.717, 1.165) is 32.4 Å². The van der Waals surface area contributed by atoms with Gasteiger partial charge in [-0.25, -0.2) is 0 Å². The molecule has 1 atom stereocenters. The van der Waals surface area contributed by atoms with Crippen LogP contribution in [0.3, 0.4) is 0 Å². The molecular formula is C12H24N2O. The molecule has 0 radical (unpaired) electrons. The number of carbonyl (C=O) groups is 1. The van der Waals surface area contributed by atoms with Crippen LogP contribution in [0, 0.1) is 5.92 Å². The van der Waals surface area contributed by atoms with Crippen LogP contribution in [0.5, 0.6) is 0 Å². The minimum Gasteiger partial charge on any atom is -0.355 e. The van der Waals surface area contributed by atoms with Crippen molar-refractivity contribution in [2.24, 2.45) is 5.92 Å². The average molecular weight is 212 g/mol. The minimum absolute atomic E-state index is 0.263. The summed E-state index contributed by atoms with van der Waals surface area (Å²) in [7, 11) is 2.11. The molecule has 88 valence electrons. The first-order valence-corrected chi connectivity index (χ1v) is 6.13. The first kappa shape index (κ1) is 12.5. The number of hydrogen-bond acceptors (Lipinski definition) is 2. The summed E-state index contributed by atoms with van der Waals surface area (Å²) >= 11 is 0. The van der Waals surface area contributed by atoms with E-state index >= 15 is 0 Å². The number of rotatable bonds is 6. The number of nitrogens with zero attached hydrogens (tertiary/aromatic N) is 1. The Morgan fingerprint density at radius 2 is 2.20 bits per heavy atom. The van der Waals surface area contributed by atoms with Gasteiger partial charge in [0.25, 0.3) is 0 Å². The smallest absolute Gasteiger partial charge is 0.223 e. The lowest BCUT2D eigenvalue weighted by Crippen LogP contribution is -2.40. The molecule has 0 aliphatic heterocycles. The summed E-state index contributed by atoms with van der Waals surface area (Å²) in [5, 5.41) is 3.01. The molecule has 1 unspecified atom stereocenters. The fourth-order valence-corrected chi connectivity index (χ4v) is 1.70. The van der Waals surface area contributed by atoms with E-state index in [1.807, 2.05) is 0 Å². The van der Waals surface area contributed by atoms with E-state index in [0.29, 0.717) is 12.0 Å². The van der Waals surface area contributed by atoms with Gasteiger partial charge in [0.05, 0.1) is 0 Å². The van der Waals surface area contributed by atoms with Gasteiger partial charge in [-0.2, -0.15) is 0 Å². The van der Waals surface area contributed by atoms with E-state index in [2.05, 4.69) is 31.1 Å². The van der Waals surface area contributed by atoms with E-state index in [1.165, 1.54) is 6.42 Å². The van der Waals surface area contributed by atoms with Gasteiger partial charge in [-0.1, -0.05) is 13.3 Å². The monoisotopic (exact) mass is 212 g/mol. The Morgan fingerprint density at radius 1 is 1.53 bits per heavy atom. The fraction of sp³-hybridized carbons (Fsp3) is 0.917. The molecular weight excluding hydrogens is 188 g/mol. The molecule has 0 spiro atoms. The largest absolute Gasteiger partial charge is 0.355 e. The average Bonchev–Trinajstić information content (AvgIpc) is 2.13. The number of carbonyl (C=O) groups excluding carboxylic acids is 1. The molecule has 1 rings (SSSR count). The third-order valence-electron chi connectivity index (χ3n) is 3.58. The minimum atomic E-state index is 0.263. The van der Waals surface area contributed by atoms with Crippen LogP contribution in [0.1, 0.15) is 39.5 Å². The fourth-order valence-electron chi connectivity index (χ4n) is 1.70. The molecule has 3 heteroatoms. The molecule has 1 saturated carbocycles. The van der Waals surface area contributed by atoms with Gasteiger partial charge in [0.15, 0.2) is 0 Å². The zero-order valence-electron chi connectivity index (χ0n) is 10.3. The van der Waals surface area contributed by atoms with Crippen LogP contribution in [-0.4, -0.2) is 37.0 Å². The lowest BCUT2D eigenvalue weighted by Gasteiger charge is -2.26. The van der Waals surface area contributed by atoms with Crippen LogP contribution in [-0.2, 0) is 4.79 Å². The molecule has 1 aliphatic rings. The van der Waals surface area contributed by atoms with Crippen molar-refractivity contribution in [1.82, 2.24) is 10.2 Å². The van der Waals surface area contributed by atoms with Gasteiger partial charge in [0, 0.05) is 25.0 Å². The predicted molar refractivity (Wildman–Crippen MR) is 62.7 cm³/mol. The second-order valence-corrected chi connectivity index (χ2v) is 4.66. The number of hydrogen-bond donors (Lipinski definition) is 1. The quantitative estimate of drug-likeness (QED) is 0.726. The number of nitrogens with one attached hydrogen (secondary N) is 1. The highest BCUT2D eigenvalue weighted by atomic mass is 16.1. The van der Waals surface area contributed by atoms with Gasteiger partial charge < -0.3 is 10.2 Å². The lowest BCUT2D eigenvalue weighted by atomic mass is 9.85. The summed E-state index contributed by atoms with van der Waals surface area (Å²) in [6.07, 6.45) is 4.57. The Labute approximate surface area is 93.2 Å². The highest BCUT2D eigenvalue weighted by molar-refractivity contribution is 5.79. The second-order valence-electron chi connectivity index (χ2n) is 4.66. The van der Waals surface area contributed by atoms with Gasteiger partial charge in [-0.15, -0.1) is 0 Å². The molecule has 0 aromatic heterocycles. The highest BCUT2D eigenvalue weighted by Crippen LogP contribution is 2.25. The molecule has 0 saturated heterocycles. The predicted octanol–water partition coefficient (Wildman–Crippen LogP) is 1.63. The van der Waals surface area contributed by atoms with Crippen molar-refractivity contribution < 1.29 is 4.79 Å². The number of likely N-dealkylation sites (N-methyl/N-ethyl adjacent to an activating group) is 1. The SMILES string of the molecule is CCC(C)N(C)CCNC(=O)C1CCC1. The summed E-state index contributed by atoms with van der Waals surface area (Å²) in [6.45, 7) is 6.14. The van der Waals surface area contributed by atoms with E-state index in [9.17, 15) is 4.79 Å². The van der Waals surface area contributed by atoms with E-state index < -0.39 is 0 Å². The highest BCUT2D eigenvalue weighted by Gasteiger charge is 2.24. The molecule has 0 aromatic rings. The van der Waals surface area contributed by atoms with Crippen molar-refractivity contribution in [1.29, 1.82) is 0 Å². The first-order chi connectivity index (χ1) is 7.15. The van der Waals surface area contributed by atoms with Crippen molar-refractivity contribution in [3.05, 3.63) is 0 Å². The molecule has 1 aliphatic carbocycles. The summed E-state index contributed by atoms with van der Waals surface area (Å²) in [4.78, 5) is 13.8. The Kier molecular flexibility index (Phi) is 5.09. The molecule has 0 bridgehead atoms. The van der Waals surface area contributed by atoms with Gasteiger partial charge >= 0.3 is 0 Å². The summed E-state index contributed by atoms with van der Waals surface area (Å²) in [5.41, 5.74) is 0. The van der Waals surface area contributed by atoms with Crippen molar-refractivity contribution in [3.8, 4) is 0 Å². The Morgan fingerprint density at radius 3 is 2.67 bits per heavy atom. The van der Waals surface area contributed by atoms with Crippen LogP contribution < -0.4 is 5.32 Å². The van der Waals surface area contributed by atoms with E-state index in [1.54, 1.807) is 0 Å². The molecule has 15 heavy (non-hydrogen) atoms. The van der Waals surface area contributed by atoms with E-state index in [4.69, 9.17) is 0 Å². The van der Waals surface area contributed by atoms with Crippen LogP contribution >= 0.6 is 0 Å². The van der Waals surface area contributed by atoms with Gasteiger partial charge in [0.1, 0.15) is 0 Å². The normalized spacial score (nSPS) is 18.7. The zero-order chi connectivity index (χ0) is 11.3. The third-order valence-corrected chi connectivity index (χ3v) is 3.58. The first-order valence-electron chi connectivity index (χ1n) is 6.13.